The van der Waals surface area contributed by atoms with E-state index in [9.17, 15) is 0 Å². The first-order valence-corrected chi connectivity index (χ1v) is 3.83. The van der Waals surface area contributed by atoms with Crippen LogP contribution in [0.15, 0.2) is 0 Å². The van der Waals surface area contributed by atoms with Crippen molar-refractivity contribution < 1.29 is 0 Å². The second-order valence-electron chi connectivity index (χ2n) is 2.90. The number of nitrogens with zero attached hydrogens (tertiary/aromatic N) is 3. The molecule has 0 aliphatic carbocycles. The Morgan fingerprint density at radius 3 is 2.92 bits per heavy atom. The number of hydrogen-bond acceptors (Lipinski definition) is 4. The number of nitrogens with two attached hydrogens (primary N) is 1. The first-order chi connectivity index (χ1) is 6.11. The number of nitrogen functional groups attached to an aromatic ring is 1. The van der Waals surface area contributed by atoms with Crippen LogP contribution in [-0.4, -0.2) is 19.7 Å². The van der Waals surface area contributed by atoms with Gasteiger partial charge in [-0.15, -0.1) is 0 Å². The van der Waals surface area contributed by atoms with Crippen molar-refractivity contribution in [3.8, 4) is 0 Å². The van der Waals surface area contributed by atoms with E-state index in [0.717, 1.165) is 5.82 Å². The summed E-state index contributed by atoms with van der Waals surface area (Å²) in [4.78, 5) is 4.22. The zero-order valence-corrected chi connectivity index (χ0v) is 7.42. The molecule has 0 spiro atoms. The highest BCUT2D eigenvalue weighted by Crippen LogP contribution is 2.10. The summed E-state index contributed by atoms with van der Waals surface area (Å²) in [5, 5.41) is 14.2. The Morgan fingerprint density at radius 2 is 2.23 bits per heavy atom. The van der Waals surface area contributed by atoms with E-state index in [-0.39, 0.29) is 0 Å². The number of H-pyrrole nitrogens is 1. The van der Waals surface area contributed by atoms with Gasteiger partial charge in [0, 0.05) is 7.05 Å². The lowest BCUT2D eigenvalue weighted by molar-refractivity contribution is 0.760. The van der Waals surface area contributed by atoms with Gasteiger partial charge >= 0.3 is 0 Å². The van der Waals surface area contributed by atoms with E-state index in [2.05, 4.69) is 15.2 Å². The molecule has 0 aliphatic heterocycles. The van der Waals surface area contributed by atoms with Crippen LogP contribution in [0.5, 0.6) is 0 Å². The summed E-state index contributed by atoms with van der Waals surface area (Å²) < 4.78 is 1.67. The molecule has 2 heterocycles. The van der Waals surface area contributed by atoms with Gasteiger partial charge in [0.15, 0.2) is 11.3 Å². The van der Waals surface area contributed by atoms with E-state index >= 15 is 0 Å². The molecule has 2 aromatic rings. The van der Waals surface area contributed by atoms with Gasteiger partial charge in [0.2, 0.25) is 0 Å². The van der Waals surface area contributed by atoms with Crippen molar-refractivity contribution in [1.82, 2.24) is 19.7 Å². The number of aryl methyl sites for hydroxylation is 1. The van der Waals surface area contributed by atoms with E-state index in [1.54, 1.807) is 11.6 Å². The van der Waals surface area contributed by atoms with E-state index < -0.39 is 0 Å². The van der Waals surface area contributed by atoms with Gasteiger partial charge in [-0.05, 0) is 6.92 Å². The number of hydrogen-bond donors (Lipinski definition) is 3. The van der Waals surface area contributed by atoms with Crippen LogP contribution in [0.2, 0.25) is 0 Å². The molecule has 68 valence electrons. The third kappa shape index (κ3) is 0.915. The van der Waals surface area contributed by atoms with Gasteiger partial charge in [0.25, 0.3) is 0 Å². The SMILES string of the molecule is Cc1nc2c(N)n[nH]c2c(=N)n1C. The molecule has 6 nitrogen and oxygen atoms in total. The summed E-state index contributed by atoms with van der Waals surface area (Å²) in [7, 11) is 1.78. The van der Waals surface area contributed by atoms with Gasteiger partial charge in [-0.2, -0.15) is 5.10 Å². The molecule has 0 fully saturated rings. The van der Waals surface area contributed by atoms with Gasteiger partial charge in [-0.1, -0.05) is 0 Å². The lowest BCUT2D eigenvalue weighted by Crippen LogP contribution is -2.20. The largest absolute Gasteiger partial charge is 0.380 e. The van der Waals surface area contributed by atoms with Crippen molar-refractivity contribution in [3.63, 3.8) is 0 Å². The molecular formula is C7H10N6. The lowest BCUT2D eigenvalue weighted by Gasteiger charge is -2.02. The van der Waals surface area contributed by atoms with Crippen LogP contribution >= 0.6 is 0 Å². The molecule has 4 N–H and O–H groups in total. The highest BCUT2D eigenvalue weighted by Gasteiger charge is 2.07. The van der Waals surface area contributed by atoms with Gasteiger partial charge in [-0.25, -0.2) is 4.98 Å². The molecule has 0 radical (unpaired) electrons. The molecule has 0 unspecified atom stereocenters. The Bertz CT molecular complexity index is 519. The average Bonchev–Trinajstić information content (AvgIpc) is 2.45. The Kier molecular flexibility index (Phi) is 1.39. The number of aromatic amines is 1. The third-order valence-corrected chi connectivity index (χ3v) is 2.10. The summed E-state index contributed by atoms with van der Waals surface area (Å²) in [6.45, 7) is 1.82. The zero-order valence-electron chi connectivity index (χ0n) is 7.42. The first kappa shape index (κ1) is 7.78. The molecule has 6 heteroatoms. The monoisotopic (exact) mass is 178 g/mol. The fourth-order valence-electron chi connectivity index (χ4n) is 1.19. The fourth-order valence-corrected chi connectivity index (χ4v) is 1.19. The molecule has 13 heavy (non-hydrogen) atoms. The minimum Gasteiger partial charge on any atom is -0.380 e. The number of fused-ring (bicyclic) bond motifs is 1. The van der Waals surface area contributed by atoms with E-state index in [4.69, 9.17) is 11.1 Å². The quantitative estimate of drug-likeness (QED) is 0.515. The predicted octanol–water partition coefficient (Wildman–Crippen LogP) is -0.334. The minimum atomic E-state index is 0.340. The maximum atomic E-state index is 7.74. The van der Waals surface area contributed by atoms with Gasteiger partial charge in [0.1, 0.15) is 16.9 Å². The second-order valence-corrected chi connectivity index (χ2v) is 2.90. The maximum absolute atomic E-state index is 7.74. The highest BCUT2D eigenvalue weighted by molar-refractivity contribution is 5.83. The van der Waals surface area contributed by atoms with Crippen molar-refractivity contribution in [2.24, 2.45) is 7.05 Å². The van der Waals surface area contributed by atoms with E-state index in [0.29, 0.717) is 22.3 Å². The van der Waals surface area contributed by atoms with Gasteiger partial charge < -0.3 is 10.3 Å². The Hall–Kier alpha value is -1.85. The number of aromatic nitrogens is 4. The molecule has 0 aliphatic rings. The van der Waals surface area contributed by atoms with Crippen molar-refractivity contribution in [2.45, 2.75) is 6.92 Å². The molecule has 0 bridgehead atoms. The standard InChI is InChI=1S/C7H10N6/c1-3-10-4-5(7(9)13(3)2)11-12-6(4)8/h9H,1-2H3,(H3,8,11,12). The summed E-state index contributed by atoms with van der Waals surface area (Å²) >= 11 is 0. The zero-order chi connectivity index (χ0) is 9.59. The molecule has 0 saturated heterocycles. The Morgan fingerprint density at radius 1 is 1.54 bits per heavy atom. The van der Waals surface area contributed by atoms with E-state index in [1.807, 2.05) is 6.92 Å². The topological polar surface area (TPSA) is 96.4 Å². The molecule has 0 atom stereocenters. The second kappa shape index (κ2) is 2.32. The molecule has 2 aromatic heterocycles. The smallest absolute Gasteiger partial charge is 0.172 e. The Balaban J connectivity index is 3.05. The van der Waals surface area contributed by atoms with Crippen LogP contribution in [0, 0.1) is 12.3 Å². The predicted molar refractivity (Wildman–Crippen MR) is 47.9 cm³/mol. The summed E-state index contributed by atoms with van der Waals surface area (Å²) in [5.41, 5.74) is 7.05. The number of nitrogens with one attached hydrogen (secondary N) is 2. The van der Waals surface area contributed by atoms with Crippen molar-refractivity contribution in [1.29, 1.82) is 5.41 Å². The highest BCUT2D eigenvalue weighted by atomic mass is 15.2. The fraction of sp³-hybridized carbons (Fsp3) is 0.286. The summed E-state index contributed by atoms with van der Waals surface area (Å²) in [5.74, 6) is 1.08. The van der Waals surface area contributed by atoms with Gasteiger partial charge in [0.05, 0.1) is 0 Å². The van der Waals surface area contributed by atoms with Crippen LogP contribution in [0.3, 0.4) is 0 Å². The molecule has 0 aromatic carbocycles. The average molecular weight is 178 g/mol. The minimum absolute atomic E-state index is 0.340. The van der Waals surface area contributed by atoms with Crippen LogP contribution in [0.25, 0.3) is 11.0 Å². The Labute approximate surface area is 73.9 Å². The van der Waals surface area contributed by atoms with Crippen molar-refractivity contribution >= 4 is 16.9 Å². The molecule has 0 amide bonds. The normalized spacial score (nSPS) is 10.9. The third-order valence-electron chi connectivity index (χ3n) is 2.10. The van der Waals surface area contributed by atoms with Crippen LogP contribution < -0.4 is 11.2 Å². The van der Waals surface area contributed by atoms with Crippen LogP contribution in [0.4, 0.5) is 5.82 Å². The molecular weight excluding hydrogens is 168 g/mol. The first-order valence-electron chi connectivity index (χ1n) is 3.83. The lowest BCUT2D eigenvalue weighted by atomic mass is 10.4. The molecule has 2 rings (SSSR count). The van der Waals surface area contributed by atoms with Crippen molar-refractivity contribution in [3.05, 3.63) is 11.3 Å². The van der Waals surface area contributed by atoms with Gasteiger partial charge in [-0.3, -0.25) is 10.5 Å². The van der Waals surface area contributed by atoms with E-state index in [1.165, 1.54) is 0 Å². The van der Waals surface area contributed by atoms with Crippen molar-refractivity contribution in [2.75, 3.05) is 5.73 Å². The number of rotatable bonds is 0. The van der Waals surface area contributed by atoms with Crippen LogP contribution in [-0.2, 0) is 7.05 Å². The summed E-state index contributed by atoms with van der Waals surface area (Å²) in [6.07, 6.45) is 0. The summed E-state index contributed by atoms with van der Waals surface area (Å²) in [6, 6.07) is 0. The number of anilines is 1. The van der Waals surface area contributed by atoms with Crippen LogP contribution in [0.1, 0.15) is 5.82 Å². The maximum Gasteiger partial charge on any atom is 0.172 e. The molecule has 0 saturated carbocycles.